The normalized spacial score (nSPS) is 18.2. The summed E-state index contributed by atoms with van der Waals surface area (Å²) >= 11 is 0. The number of aromatic nitrogens is 3. The Labute approximate surface area is 112 Å². The number of ether oxygens (including phenoxy) is 1. The van der Waals surface area contributed by atoms with E-state index in [9.17, 15) is 4.79 Å². The van der Waals surface area contributed by atoms with E-state index in [-0.39, 0.29) is 5.91 Å². The molecule has 0 aromatic carbocycles. The van der Waals surface area contributed by atoms with Gasteiger partial charge in [0.15, 0.2) is 0 Å². The molecule has 1 N–H and O–H groups in total. The lowest BCUT2D eigenvalue weighted by Gasteiger charge is -2.32. The number of nitrogens with one attached hydrogen (secondary N) is 1. The van der Waals surface area contributed by atoms with Crippen LogP contribution in [0.3, 0.4) is 0 Å². The second kappa shape index (κ2) is 7.20. The van der Waals surface area contributed by atoms with Gasteiger partial charge in [-0.25, -0.2) is 4.98 Å². The van der Waals surface area contributed by atoms with Crippen LogP contribution in [0.15, 0.2) is 12.7 Å². The summed E-state index contributed by atoms with van der Waals surface area (Å²) in [6.07, 6.45) is 3.52. The summed E-state index contributed by atoms with van der Waals surface area (Å²) in [4.78, 5) is 17.9. The van der Waals surface area contributed by atoms with Gasteiger partial charge in [-0.05, 0) is 6.92 Å². The molecule has 106 valence electrons. The Morgan fingerprint density at radius 3 is 2.95 bits per heavy atom. The van der Waals surface area contributed by atoms with Gasteiger partial charge in [0.25, 0.3) is 0 Å². The van der Waals surface area contributed by atoms with Gasteiger partial charge in [-0.2, -0.15) is 5.10 Å². The summed E-state index contributed by atoms with van der Waals surface area (Å²) in [5.41, 5.74) is 0. The largest absolute Gasteiger partial charge is 0.379 e. The van der Waals surface area contributed by atoms with Crippen molar-refractivity contribution in [2.45, 2.75) is 25.9 Å². The van der Waals surface area contributed by atoms with E-state index in [1.54, 1.807) is 11.0 Å². The molecule has 2 rings (SSSR count). The highest BCUT2D eigenvalue weighted by Gasteiger charge is 2.17. The van der Waals surface area contributed by atoms with Crippen LogP contribution in [0, 0.1) is 0 Å². The summed E-state index contributed by atoms with van der Waals surface area (Å²) in [6.45, 7) is 6.82. The van der Waals surface area contributed by atoms with Crippen LogP contribution < -0.4 is 5.32 Å². The number of nitrogens with zero attached hydrogens (tertiary/aromatic N) is 4. The molecule has 0 bridgehead atoms. The van der Waals surface area contributed by atoms with Gasteiger partial charge in [-0.15, -0.1) is 0 Å². The molecule has 0 radical (unpaired) electrons. The lowest BCUT2D eigenvalue weighted by Crippen LogP contribution is -2.47. The lowest BCUT2D eigenvalue weighted by molar-refractivity contribution is -0.121. The van der Waals surface area contributed by atoms with Crippen LogP contribution in [0.1, 0.15) is 13.3 Å². The van der Waals surface area contributed by atoms with Gasteiger partial charge in [0.2, 0.25) is 5.91 Å². The first-order chi connectivity index (χ1) is 9.25. The first-order valence-corrected chi connectivity index (χ1v) is 6.66. The van der Waals surface area contributed by atoms with Crippen molar-refractivity contribution >= 4 is 5.91 Å². The maximum Gasteiger partial charge on any atom is 0.221 e. The number of carbonyl (C=O) groups excluding carboxylic acids is 1. The Hall–Kier alpha value is -1.47. The molecule has 2 heterocycles. The molecule has 1 aromatic heterocycles. The van der Waals surface area contributed by atoms with Crippen molar-refractivity contribution in [2.24, 2.45) is 0 Å². The van der Waals surface area contributed by atoms with Crippen molar-refractivity contribution in [2.75, 3.05) is 32.8 Å². The van der Waals surface area contributed by atoms with Crippen molar-refractivity contribution < 1.29 is 9.53 Å². The molecule has 19 heavy (non-hydrogen) atoms. The Morgan fingerprint density at radius 1 is 1.47 bits per heavy atom. The summed E-state index contributed by atoms with van der Waals surface area (Å²) in [5.74, 6) is 0.0515. The Bertz CT molecular complexity index is 375. The van der Waals surface area contributed by atoms with Crippen LogP contribution in [0.4, 0.5) is 0 Å². The zero-order valence-corrected chi connectivity index (χ0v) is 11.3. The summed E-state index contributed by atoms with van der Waals surface area (Å²) in [6, 6.07) is 0.347. The fourth-order valence-corrected chi connectivity index (χ4v) is 2.06. The molecule has 0 spiro atoms. The number of morpholine rings is 1. The van der Waals surface area contributed by atoms with Crippen LogP contribution in [0.5, 0.6) is 0 Å². The standard InChI is InChI=1S/C12H21N5O2/c1-11(16-4-6-19-7-5-16)8-14-12(18)2-3-17-10-13-9-15-17/h9-11H,2-8H2,1H3,(H,14,18)/t11-/m1/s1. The Kier molecular flexibility index (Phi) is 5.29. The first kappa shape index (κ1) is 14.0. The maximum absolute atomic E-state index is 11.7. The predicted molar refractivity (Wildman–Crippen MR) is 69.5 cm³/mol. The molecular weight excluding hydrogens is 246 g/mol. The average molecular weight is 267 g/mol. The molecule has 1 aliphatic heterocycles. The molecule has 0 unspecified atom stereocenters. The minimum absolute atomic E-state index is 0.0515. The van der Waals surface area contributed by atoms with E-state index < -0.39 is 0 Å². The van der Waals surface area contributed by atoms with Crippen LogP contribution in [-0.2, 0) is 16.1 Å². The van der Waals surface area contributed by atoms with Crippen LogP contribution in [0.25, 0.3) is 0 Å². The maximum atomic E-state index is 11.7. The number of aryl methyl sites for hydroxylation is 1. The third kappa shape index (κ3) is 4.60. The van der Waals surface area contributed by atoms with E-state index in [0.29, 0.717) is 25.6 Å². The third-order valence-corrected chi connectivity index (χ3v) is 3.30. The highest BCUT2D eigenvalue weighted by atomic mass is 16.5. The molecule has 0 aliphatic carbocycles. The summed E-state index contributed by atoms with van der Waals surface area (Å²) in [5, 5.41) is 6.92. The van der Waals surface area contributed by atoms with Crippen molar-refractivity contribution in [3.05, 3.63) is 12.7 Å². The van der Waals surface area contributed by atoms with Crippen LogP contribution >= 0.6 is 0 Å². The number of hydrogen-bond donors (Lipinski definition) is 1. The van der Waals surface area contributed by atoms with Gasteiger partial charge in [0.05, 0.1) is 19.8 Å². The number of hydrogen-bond acceptors (Lipinski definition) is 5. The highest BCUT2D eigenvalue weighted by molar-refractivity contribution is 5.75. The number of amides is 1. The summed E-state index contributed by atoms with van der Waals surface area (Å²) < 4.78 is 6.97. The predicted octanol–water partition coefficient (Wildman–Crippen LogP) is -0.495. The van der Waals surface area contributed by atoms with E-state index in [1.807, 2.05) is 0 Å². The Balaban J connectivity index is 1.62. The second-order valence-electron chi connectivity index (χ2n) is 4.71. The molecule has 7 heteroatoms. The van der Waals surface area contributed by atoms with E-state index in [1.165, 1.54) is 6.33 Å². The topological polar surface area (TPSA) is 72.3 Å². The van der Waals surface area contributed by atoms with E-state index in [4.69, 9.17) is 4.74 Å². The van der Waals surface area contributed by atoms with Crippen molar-refractivity contribution in [3.8, 4) is 0 Å². The van der Waals surface area contributed by atoms with Gasteiger partial charge in [0, 0.05) is 32.1 Å². The molecule has 1 aromatic rings. The molecule has 0 saturated carbocycles. The fourth-order valence-electron chi connectivity index (χ4n) is 2.06. The first-order valence-electron chi connectivity index (χ1n) is 6.66. The van der Waals surface area contributed by atoms with Crippen molar-refractivity contribution in [3.63, 3.8) is 0 Å². The zero-order chi connectivity index (χ0) is 13.5. The number of carbonyl (C=O) groups is 1. The van der Waals surface area contributed by atoms with E-state index in [2.05, 4.69) is 27.2 Å². The highest BCUT2D eigenvalue weighted by Crippen LogP contribution is 2.02. The van der Waals surface area contributed by atoms with Gasteiger partial charge >= 0.3 is 0 Å². The minimum atomic E-state index is 0.0515. The van der Waals surface area contributed by atoms with Gasteiger partial charge < -0.3 is 10.1 Å². The molecule has 1 aliphatic rings. The molecule has 1 fully saturated rings. The fraction of sp³-hybridized carbons (Fsp3) is 0.750. The smallest absolute Gasteiger partial charge is 0.221 e. The van der Waals surface area contributed by atoms with Gasteiger partial charge in [0.1, 0.15) is 12.7 Å². The zero-order valence-electron chi connectivity index (χ0n) is 11.3. The Morgan fingerprint density at radius 2 is 2.26 bits per heavy atom. The quantitative estimate of drug-likeness (QED) is 0.752. The average Bonchev–Trinajstić information content (AvgIpc) is 2.96. The van der Waals surface area contributed by atoms with Gasteiger partial charge in [-0.1, -0.05) is 0 Å². The molecule has 1 atom stereocenters. The van der Waals surface area contributed by atoms with Crippen molar-refractivity contribution in [1.82, 2.24) is 25.0 Å². The minimum Gasteiger partial charge on any atom is -0.379 e. The lowest BCUT2D eigenvalue weighted by atomic mass is 10.2. The molecular formula is C12H21N5O2. The SMILES string of the molecule is C[C@H](CNC(=O)CCn1cncn1)N1CCOCC1. The van der Waals surface area contributed by atoms with E-state index >= 15 is 0 Å². The molecule has 1 saturated heterocycles. The summed E-state index contributed by atoms with van der Waals surface area (Å²) in [7, 11) is 0. The van der Waals surface area contributed by atoms with Crippen LogP contribution in [0.2, 0.25) is 0 Å². The van der Waals surface area contributed by atoms with E-state index in [0.717, 1.165) is 26.3 Å². The van der Waals surface area contributed by atoms with Gasteiger partial charge in [-0.3, -0.25) is 14.4 Å². The number of rotatable bonds is 6. The monoisotopic (exact) mass is 267 g/mol. The third-order valence-electron chi connectivity index (χ3n) is 3.30. The molecule has 1 amide bonds. The van der Waals surface area contributed by atoms with Crippen molar-refractivity contribution in [1.29, 1.82) is 0 Å². The molecule has 7 nitrogen and oxygen atoms in total. The van der Waals surface area contributed by atoms with Crippen LogP contribution in [-0.4, -0.2) is 64.5 Å². The second-order valence-corrected chi connectivity index (χ2v) is 4.71.